The number of amides is 2. The third-order valence-corrected chi connectivity index (χ3v) is 6.93. The zero-order valence-electron chi connectivity index (χ0n) is 19.2. The molecule has 3 heterocycles. The summed E-state index contributed by atoms with van der Waals surface area (Å²) in [6, 6.07) is 10.7. The number of likely N-dealkylation sites (tertiary alicyclic amines) is 2. The van der Waals surface area contributed by atoms with Crippen molar-refractivity contribution in [1.29, 1.82) is 0 Å². The van der Waals surface area contributed by atoms with Crippen molar-refractivity contribution in [2.75, 3.05) is 26.2 Å². The predicted octanol–water partition coefficient (Wildman–Crippen LogP) is 3.17. The van der Waals surface area contributed by atoms with E-state index in [-0.39, 0.29) is 17.9 Å². The van der Waals surface area contributed by atoms with Crippen LogP contribution < -0.4 is 5.32 Å². The smallest absolute Gasteiger partial charge is 0.234 e. The van der Waals surface area contributed by atoms with Crippen LogP contribution in [0.25, 0.3) is 0 Å². The van der Waals surface area contributed by atoms with Gasteiger partial charge in [-0.1, -0.05) is 35.5 Å². The van der Waals surface area contributed by atoms with Gasteiger partial charge in [0.2, 0.25) is 11.8 Å². The van der Waals surface area contributed by atoms with E-state index in [2.05, 4.69) is 45.7 Å². The Bertz CT molecular complexity index is 899. The van der Waals surface area contributed by atoms with E-state index in [1.54, 1.807) is 0 Å². The molecule has 2 aromatic rings. The minimum absolute atomic E-state index is 0.0444. The van der Waals surface area contributed by atoms with Crippen LogP contribution in [0.1, 0.15) is 60.6 Å². The first-order chi connectivity index (χ1) is 15.5. The fourth-order valence-electron chi connectivity index (χ4n) is 4.89. The number of carbonyl (C=O) groups excluding carboxylic acids is 2. The van der Waals surface area contributed by atoms with Gasteiger partial charge in [-0.05, 0) is 64.1 Å². The fourth-order valence-corrected chi connectivity index (χ4v) is 4.89. The van der Waals surface area contributed by atoms with Gasteiger partial charge in [-0.15, -0.1) is 0 Å². The van der Waals surface area contributed by atoms with Crippen molar-refractivity contribution in [1.82, 2.24) is 20.3 Å². The molecule has 7 nitrogen and oxygen atoms in total. The molecule has 2 fully saturated rings. The summed E-state index contributed by atoms with van der Waals surface area (Å²) in [5.74, 6) is 1.55. The summed E-state index contributed by atoms with van der Waals surface area (Å²) in [6.07, 6.45) is 4.10. The number of benzene rings is 1. The van der Waals surface area contributed by atoms with Crippen molar-refractivity contribution in [3.05, 3.63) is 52.9 Å². The maximum atomic E-state index is 12.7. The van der Waals surface area contributed by atoms with Crippen LogP contribution in [-0.2, 0) is 16.1 Å². The topological polar surface area (TPSA) is 78.7 Å². The molecule has 1 aromatic heterocycles. The van der Waals surface area contributed by atoms with E-state index in [9.17, 15) is 9.59 Å². The second-order valence-electron chi connectivity index (χ2n) is 9.17. The summed E-state index contributed by atoms with van der Waals surface area (Å²) < 4.78 is 5.23. The van der Waals surface area contributed by atoms with Gasteiger partial charge in [0, 0.05) is 24.6 Å². The Morgan fingerprint density at radius 3 is 2.53 bits per heavy atom. The summed E-state index contributed by atoms with van der Waals surface area (Å²) in [4.78, 5) is 29.4. The highest BCUT2D eigenvalue weighted by Gasteiger charge is 2.27. The number of aromatic nitrogens is 1. The molecule has 0 spiro atoms. The number of carbonyl (C=O) groups is 2. The lowest BCUT2D eigenvalue weighted by atomic mass is 9.89. The van der Waals surface area contributed by atoms with Crippen molar-refractivity contribution in [3.63, 3.8) is 0 Å². The molecule has 4 rings (SSSR count). The van der Waals surface area contributed by atoms with Gasteiger partial charge in [0.15, 0.2) is 0 Å². The van der Waals surface area contributed by atoms with Crippen molar-refractivity contribution < 1.29 is 14.1 Å². The van der Waals surface area contributed by atoms with Gasteiger partial charge in [-0.25, -0.2) is 0 Å². The molecule has 2 aliphatic heterocycles. The van der Waals surface area contributed by atoms with E-state index in [0.29, 0.717) is 38.4 Å². The average molecular weight is 439 g/mol. The van der Waals surface area contributed by atoms with Crippen molar-refractivity contribution in [2.45, 2.75) is 64.5 Å². The van der Waals surface area contributed by atoms with Crippen LogP contribution >= 0.6 is 0 Å². The first kappa shape index (κ1) is 22.5. The molecule has 1 unspecified atom stereocenters. The number of hydrogen-bond acceptors (Lipinski definition) is 5. The largest absolute Gasteiger partial charge is 0.361 e. The zero-order chi connectivity index (χ0) is 22.5. The summed E-state index contributed by atoms with van der Waals surface area (Å²) in [7, 11) is 0. The molecule has 1 aromatic carbocycles. The van der Waals surface area contributed by atoms with Gasteiger partial charge in [0.1, 0.15) is 5.76 Å². The lowest BCUT2D eigenvalue weighted by molar-refractivity contribution is -0.131. The number of nitrogens with zero attached hydrogens (tertiary/aromatic N) is 3. The normalized spacial score (nSPS) is 20.9. The number of aryl methyl sites for hydroxylation is 2. The molecule has 2 aliphatic rings. The SMILES string of the molecule is Cc1noc(C)c1CN1CCC(NC(=O)CN2CCC(c3ccccc3)CC2)CCC1=O. The molecule has 172 valence electrons. The van der Waals surface area contributed by atoms with Gasteiger partial charge < -0.3 is 14.7 Å². The molecule has 32 heavy (non-hydrogen) atoms. The maximum Gasteiger partial charge on any atom is 0.234 e. The molecule has 1 atom stereocenters. The maximum absolute atomic E-state index is 12.7. The highest BCUT2D eigenvalue weighted by molar-refractivity contribution is 5.79. The Morgan fingerprint density at radius 1 is 1.09 bits per heavy atom. The van der Waals surface area contributed by atoms with Gasteiger partial charge >= 0.3 is 0 Å². The number of nitrogens with one attached hydrogen (secondary N) is 1. The number of piperidine rings is 1. The summed E-state index contributed by atoms with van der Waals surface area (Å²) in [5, 5.41) is 7.17. The number of hydrogen-bond donors (Lipinski definition) is 1. The van der Waals surface area contributed by atoms with Crippen LogP contribution in [0.15, 0.2) is 34.9 Å². The Kier molecular flexibility index (Phi) is 7.25. The van der Waals surface area contributed by atoms with E-state index in [0.717, 1.165) is 49.4 Å². The average Bonchev–Trinajstić information content (AvgIpc) is 3.01. The minimum Gasteiger partial charge on any atom is -0.361 e. The summed E-state index contributed by atoms with van der Waals surface area (Å²) in [5.41, 5.74) is 3.22. The Balaban J connectivity index is 1.22. The molecule has 1 N–H and O–H groups in total. The standard InChI is InChI=1S/C25H34N4O3/c1-18-23(19(2)32-27-18)16-29-15-12-22(8-9-25(29)31)26-24(30)17-28-13-10-21(11-14-28)20-6-4-3-5-7-20/h3-7,21-22H,8-17H2,1-2H3,(H,26,30). The first-order valence-corrected chi connectivity index (χ1v) is 11.8. The highest BCUT2D eigenvalue weighted by Crippen LogP contribution is 2.27. The Labute approximate surface area is 190 Å². The molecule has 0 saturated carbocycles. The first-order valence-electron chi connectivity index (χ1n) is 11.8. The van der Waals surface area contributed by atoms with Crippen LogP contribution in [0.2, 0.25) is 0 Å². The monoisotopic (exact) mass is 438 g/mol. The second kappa shape index (κ2) is 10.3. The molecule has 2 saturated heterocycles. The molecular weight excluding hydrogens is 404 g/mol. The van der Waals surface area contributed by atoms with Crippen LogP contribution in [0.3, 0.4) is 0 Å². The third-order valence-electron chi connectivity index (χ3n) is 6.93. The Morgan fingerprint density at radius 2 is 1.84 bits per heavy atom. The third kappa shape index (κ3) is 5.57. The van der Waals surface area contributed by atoms with E-state index < -0.39 is 0 Å². The van der Waals surface area contributed by atoms with E-state index in [4.69, 9.17) is 4.52 Å². The minimum atomic E-state index is 0.0444. The quantitative estimate of drug-likeness (QED) is 0.750. The van der Waals surface area contributed by atoms with Gasteiger partial charge in [0.05, 0.1) is 18.8 Å². The summed E-state index contributed by atoms with van der Waals surface area (Å²) >= 11 is 0. The second-order valence-corrected chi connectivity index (χ2v) is 9.17. The lowest BCUT2D eigenvalue weighted by Gasteiger charge is -2.32. The molecule has 7 heteroatoms. The van der Waals surface area contributed by atoms with Crippen LogP contribution in [0.4, 0.5) is 0 Å². The predicted molar refractivity (Wildman–Crippen MR) is 122 cm³/mol. The lowest BCUT2D eigenvalue weighted by Crippen LogP contribution is -2.44. The van der Waals surface area contributed by atoms with E-state index >= 15 is 0 Å². The molecule has 2 amide bonds. The van der Waals surface area contributed by atoms with Gasteiger partial charge in [-0.2, -0.15) is 0 Å². The molecule has 0 radical (unpaired) electrons. The zero-order valence-corrected chi connectivity index (χ0v) is 19.2. The molecule has 0 bridgehead atoms. The Hall–Kier alpha value is -2.67. The van der Waals surface area contributed by atoms with Crippen LogP contribution in [0, 0.1) is 13.8 Å². The summed E-state index contributed by atoms with van der Waals surface area (Å²) in [6.45, 7) is 7.27. The van der Waals surface area contributed by atoms with Crippen molar-refractivity contribution in [2.24, 2.45) is 0 Å². The van der Waals surface area contributed by atoms with E-state index in [1.807, 2.05) is 18.7 Å². The van der Waals surface area contributed by atoms with Crippen LogP contribution in [0.5, 0.6) is 0 Å². The molecule has 0 aliphatic carbocycles. The fraction of sp³-hybridized carbons (Fsp3) is 0.560. The highest BCUT2D eigenvalue weighted by atomic mass is 16.5. The van der Waals surface area contributed by atoms with Crippen molar-refractivity contribution >= 4 is 11.8 Å². The van der Waals surface area contributed by atoms with Crippen LogP contribution in [-0.4, -0.2) is 59.0 Å². The van der Waals surface area contributed by atoms with Gasteiger partial charge in [-0.3, -0.25) is 14.5 Å². The molecular formula is C25H34N4O3. The number of rotatable bonds is 6. The van der Waals surface area contributed by atoms with E-state index in [1.165, 1.54) is 5.56 Å². The van der Waals surface area contributed by atoms with Gasteiger partial charge in [0.25, 0.3) is 0 Å². The van der Waals surface area contributed by atoms with Crippen molar-refractivity contribution in [3.8, 4) is 0 Å².